The Morgan fingerprint density at radius 3 is 2.43 bits per heavy atom. The van der Waals surface area contributed by atoms with Crippen LogP contribution in [0.1, 0.15) is 21.6 Å². The summed E-state index contributed by atoms with van der Waals surface area (Å²) in [5, 5.41) is 8.73. The average molecular weight is 287 g/mol. The first-order valence-corrected chi connectivity index (χ1v) is 6.37. The molecule has 3 N–H and O–H groups in total. The molecule has 2 aromatic rings. The fourth-order valence-corrected chi connectivity index (χ4v) is 1.73. The monoisotopic (exact) mass is 287 g/mol. The van der Waals surface area contributed by atoms with Crippen LogP contribution in [0.15, 0.2) is 34.2 Å². The number of hydrogen-bond donors (Lipinski definition) is 3. The summed E-state index contributed by atoms with van der Waals surface area (Å²) in [7, 11) is 3.92. The zero-order chi connectivity index (χ0) is 15.4. The van der Waals surface area contributed by atoms with E-state index in [4.69, 9.17) is 0 Å². The Bertz CT molecular complexity index is 710. The SMILES string of the molecule is Cc1c(C(=O)NN=Cc2ccc(N(C)C)cc2)[nH][nH]c1=O. The van der Waals surface area contributed by atoms with Crippen LogP contribution >= 0.6 is 0 Å². The van der Waals surface area contributed by atoms with E-state index in [1.54, 1.807) is 6.92 Å². The highest BCUT2D eigenvalue weighted by Crippen LogP contribution is 2.10. The van der Waals surface area contributed by atoms with E-state index < -0.39 is 5.91 Å². The highest BCUT2D eigenvalue weighted by molar-refractivity contribution is 5.94. The second-order valence-corrected chi connectivity index (χ2v) is 4.76. The van der Waals surface area contributed by atoms with Gasteiger partial charge in [-0.2, -0.15) is 5.10 Å². The van der Waals surface area contributed by atoms with E-state index in [1.807, 2.05) is 43.3 Å². The number of carbonyl (C=O) groups is 1. The number of nitrogens with zero attached hydrogens (tertiary/aromatic N) is 2. The van der Waals surface area contributed by atoms with Crippen LogP contribution in [0, 0.1) is 6.92 Å². The van der Waals surface area contributed by atoms with E-state index in [-0.39, 0.29) is 11.3 Å². The normalized spacial score (nSPS) is 10.8. The molecule has 0 radical (unpaired) electrons. The molecule has 7 heteroatoms. The molecule has 1 aromatic heterocycles. The van der Waals surface area contributed by atoms with Gasteiger partial charge in [-0.25, -0.2) is 5.43 Å². The summed E-state index contributed by atoms with van der Waals surface area (Å²) >= 11 is 0. The molecule has 0 bridgehead atoms. The molecule has 110 valence electrons. The van der Waals surface area contributed by atoms with E-state index >= 15 is 0 Å². The number of carbonyl (C=O) groups excluding carboxylic acids is 1. The van der Waals surface area contributed by atoms with Crippen molar-refractivity contribution in [3.63, 3.8) is 0 Å². The molecule has 0 spiro atoms. The third-order valence-electron chi connectivity index (χ3n) is 3.03. The van der Waals surface area contributed by atoms with Gasteiger partial charge in [-0.1, -0.05) is 12.1 Å². The van der Waals surface area contributed by atoms with Crippen molar-refractivity contribution < 1.29 is 4.79 Å². The first-order chi connectivity index (χ1) is 9.99. The van der Waals surface area contributed by atoms with Crippen molar-refractivity contribution in [2.75, 3.05) is 19.0 Å². The quantitative estimate of drug-likeness (QED) is 0.574. The smallest absolute Gasteiger partial charge is 0.289 e. The van der Waals surface area contributed by atoms with E-state index in [9.17, 15) is 9.59 Å². The molecule has 0 aliphatic rings. The molecule has 7 nitrogen and oxygen atoms in total. The van der Waals surface area contributed by atoms with Gasteiger partial charge in [0.2, 0.25) is 0 Å². The van der Waals surface area contributed by atoms with Crippen molar-refractivity contribution in [1.82, 2.24) is 15.6 Å². The highest BCUT2D eigenvalue weighted by atomic mass is 16.2. The highest BCUT2D eigenvalue weighted by Gasteiger charge is 2.12. The van der Waals surface area contributed by atoms with Crippen LogP contribution in [0.3, 0.4) is 0 Å². The second-order valence-electron chi connectivity index (χ2n) is 4.76. The predicted octanol–water partition coefficient (Wildman–Crippen LogP) is 0.841. The van der Waals surface area contributed by atoms with Crippen molar-refractivity contribution in [3.05, 3.63) is 51.4 Å². The zero-order valence-electron chi connectivity index (χ0n) is 12.1. The fourth-order valence-electron chi connectivity index (χ4n) is 1.73. The van der Waals surface area contributed by atoms with Gasteiger partial charge in [-0.3, -0.25) is 19.8 Å². The number of benzene rings is 1. The van der Waals surface area contributed by atoms with Crippen LogP contribution in [0.25, 0.3) is 0 Å². The van der Waals surface area contributed by atoms with Crippen LogP contribution < -0.4 is 15.9 Å². The van der Waals surface area contributed by atoms with Gasteiger partial charge >= 0.3 is 0 Å². The minimum atomic E-state index is -0.466. The number of amides is 1. The van der Waals surface area contributed by atoms with Gasteiger partial charge < -0.3 is 4.90 Å². The Morgan fingerprint density at radius 1 is 1.24 bits per heavy atom. The largest absolute Gasteiger partial charge is 0.378 e. The van der Waals surface area contributed by atoms with E-state index in [0.29, 0.717) is 5.56 Å². The van der Waals surface area contributed by atoms with Gasteiger partial charge in [-0.05, 0) is 24.6 Å². The maximum atomic E-state index is 11.8. The Balaban J connectivity index is 2.00. The van der Waals surface area contributed by atoms with Crippen LogP contribution in [0.2, 0.25) is 0 Å². The van der Waals surface area contributed by atoms with E-state index in [2.05, 4.69) is 20.7 Å². The van der Waals surface area contributed by atoms with Gasteiger partial charge in [0.05, 0.1) is 6.21 Å². The third-order valence-corrected chi connectivity index (χ3v) is 3.03. The predicted molar refractivity (Wildman–Crippen MR) is 82.0 cm³/mol. The van der Waals surface area contributed by atoms with Gasteiger partial charge in [0.25, 0.3) is 11.5 Å². The van der Waals surface area contributed by atoms with Crippen molar-refractivity contribution in [2.24, 2.45) is 5.10 Å². The Kier molecular flexibility index (Phi) is 4.22. The summed E-state index contributed by atoms with van der Waals surface area (Å²) in [6, 6.07) is 7.71. The molecule has 0 unspecified atom stereocenters. The molecule has 1 heterocycles. The lowest BCUT2D eigenvalue weighted by molar-refractivity contribution is 0.0949. The number of rotatable bonds is 4. The summed E-state index contributed by atoms with van der Waals surface area (Å²) < 4.78 is 0. The number of aromatic nitrogens is 2. The van der Waals surface area contributed by atoms with Gasteiger partial charge in [0.1, 0.15) is 5.69 Å². The Morgan fingerprint density at radius 2 is 1.90 bits per heavy atom. The first kappa shape index (κ1) is 14.6. The van der Waals surface area contributed by atoms with Crippen molar-refractivity contribution in [3.8, 4) is 0 Å². The topological polar surface area (TPSA) is 93.3 Å². The molecule has 0 aliphatic heterocycles. The molecule has 21 heavy (non-hydrogen) atoms. The number of hydrazone groups is 1. The van der Waals surface area contributed by atoms with Crippen LogP contribution in [-0.2, 0) is 0 Å². The van der Waals surface area contributed by atoms with Crippen molar-refractivity contribution >= 4 is 17.8 Å². The first-order valence-electron chi connectivity index (χ1n) is 6.37. The molecule has 0 saturated heterocycles. The second kappa shape index (κ2) is 6.08. The average Bonchev–Trinajstić information content (AvgIpc) is 2.79. The fraction of sp³-hybridized carbons (Fsp3) is 0.214. The van der Waals surface area contributed by atoms with Crippen molar-refractivity contribution in [2.45, 2.75) is 6.92 Å². The molecule has 0 atom stereocenters. The van der Waals surface area contributed by atoms with Crippen LogP contribution in [-0.4, -0.2) is 36.4 Å². The summed E-state index contributed by atoms with van der Waals surface area (Å²) in [4.78, 5) is 25.0. The molecule has 0 saturated carbocycles. The molecule has 0 aliphatic carbocycles. The minimum absolute atomic E-state index is 0.181. The lowest BCUT2D eigenvalue weighted by Crippen LogP contribution is -2.19. The van der Waals surface area contributed by atoms with Crippen LogP contribution in [0.4, 0.5) is 5.69 Å². The third kappa shape index (κ3) is 3.38. The Hall–Kier alpha value is -2.83. The van der Waals surface area contributed by atoms with E-state index in [0.717, 1.165) is 11.3 Å². The summed E-state index contributed by atoms with van der Waals surface area (Å²) in [6.45, 7) is 1.56. The number of aromatic amines is 2. The zero-order valence-corrected chi connectivity index (χ0v) is 12.1. The van der Waals surface area contributed by atoms with Crippen LogP contribution in [0.5, 0.6) is 0 Å². The lowest BCUT2D eigenvalue weighted by atomic mass is 10.2. The van der Waals surface area contributed by atoms with Crippen molar-refractivity contribution in [1.29, 1.82) is 0 Å². The van der Waals surface area contributed by atoms with Gasteiger partial charge in [0.15, 0.2) is 0 Å². The summed E-state index contributed by atoms with van der Waals surface area (Å²) in [5.41, 5.74) is 4.51. The number of hydrogen-bond acceptors (Lipinski definition) is 4. The standard InChI is InChI=1S/C14H17N5O2/c1-9-12(16-18-13(9)20)14(21)17-15-8-10-4-6-11(7-5-10)19(2)3/h4-8H,1-3H3,(H,17,21)(H2,16,18,20). The summed E-state index contributed by atoms with van der Waals surface area (Å²) in [6.07, 6.45) is 1.54. The maximum Gasteiger partial charge on any atom is 0.289 e. The number of nitrogens with one attached hydrogen (secondary N) is 3. The molecular formula is C14H17N5O2. The van der Waals surface area contributed by atoms with E-state index in [1.165, 1.54) is 6.21 Å². The molecule has 0 fully saturated rings. The molecule has 1 amide bonds. The minimum Gasteiger partial charge on any atom is -0.378 e. The van der Waals surface area contributed by atoms with Gasteiger partial charge in [0, 0.05) is 25.3 Å². The summed E-state index contributed by atoms with van der Waals surface area (Å²) in [5.74, 6) is -0.466. The molecule has 1 aromatic carbocycles. The lowest BCUT2D eigenvalue weighted by Gasteiger charge is -2.11. The number of H-pyrrole nitrogens is 2. The molecular weight excluding hydrogens is 270 g/mol. The maximum absolute atomic E-state index is 11.8. The van der Waals surface area contributed by atoms with Gasteiger partial charge in [-0.15, -0.1) is 0 Å². The molecule has 2 rings (SSSR count). The Labute approximate surface area is 121 Å². The number of anilines is 1.